The van der Waals surface area contributed by atoms with Crippen LogP contribution in [0.4, 0.5) is 5.69 Å². The summed E-state index contributed by atoms with van der Waals surface area (Å²) < 4.78 is 5.15. The lowest BCUT2D eigenvalue weighted by molar-refractivity contribution is -0.118. The standard InChI is InChI=1S/C20H24N2O3/c1-14(13-25-3)21-19(16-8-5-4-6-9-16)20(24)22-18-11-7-10-17(12-18)15(2)23/h4-12,14,19,21H,13H2,1-3H3,(H,22,24)/t14-,19+/m0/s1. The third-order valence-corrected chi connectivity index (χ3v) is 3.80. The van der Waals surface area contributed by atoms with Crippen molar-refractivity contribution in [2.24, 2.45) is 0 Å². The van der Waals surface area contributed by atoms with Crippen LogP contribution in [0, 0.1) is 0 Å². The molecule has 0 saturated heterocycles. The number of hydrogen-bond acceptors (Lipinski definition) is 4. The van der Waals surface area contributed by atoms with E-state index in [1.165, 1.54) is 6.92 Å². The van der Waals surface area contributed by atoms with Gasteiger partial charge in [-0.2, -0.15) is 0 Å². The van der Waals surface area contributed by atoms with Crippen molar-refractivity contribution < 1.29 is 14.3 Å². The molecule has 0 aliphatic carbocycles. The van der Waals surface area contributed by atoms with Crippen LogP contribution in [0.5, 0.6) is 0 Å². The Kier molecular flexibility index (Phi) is 6.86. The van der Waals surface area contributed by atoms with Crippen molar-refractivity contribution in [1.29, 1.82) is 0 Å². The van der Waals surface area contributed by atoms with Crippen LogP contribution in [0.15, 0.2) is 54.6 Å². The van der Waals surface area contributed by atoms with E-state index in [4.69, 9.17) is 4.74 Å². The largest absolute Gasteiger partial charge is 0.383 e. The molecule has 0 saturated carbocycles. The molecule has 0 radical (unpaired) electrons. The fraction of sp³-hybridized carbons (Fsp3) is 0.300. The molecule has 0 unspecified atom stereocenters. The maximum atomic E-state index is 12.8. The number of nitrogens with one attached hydrogen (secondary N) is 2. The third-order valence-electron chi connectivity index (χ3n) is 3.80. The molecule has 0 heterocycles. The van der Waals surface area contributed by atoms with Gasteiger partial charge in [0.25, 0.3) is 0 Å². The highest BCUT2D eigenvalue weighted by Crippen LogP contribution is 2.18. The Morgan fingerprint density at radius 2 is 1.80 bits per heavy atom. The number of benzene rings is 2. The van der Waals surface area contributed by atoms with Gasteiger partial charge >= 0.3 is 0 Å². The summed E-state index contributed by atoms with van der Waals surface area (Å²) in [5.41, 5.74) is 2.03. The number of methoxy groups -OCH3 is 1. The summed E-state index contributed by atoms with van der Waals surface area (Å²) in [6.07, 6.45) is 0. The summed E-state index contributed by atoms with van der Waals surface area (Å²) in [5.74, 6) is -0.225. The molecule has 2 rings (SSSR count). The first-order valence-electron chi connectivity index (χ1n) is 8.23. The van der Waals surface area contributed by atoms with Crippen LogP contribution in [-0.2, 0) is 9.53 Å². The van der Waals surface area contributed by atoms with E-state index in [-0.39, 0.29) is 17.7 Å². The van der Waals surface area contributed by atoms with Gasteiger partial charge in [-0.25, -0.2) is 0 Å². The Labute approximate surface area is 148 Å². The minimum atomic E-state index is -0.521. The van der Waals surface area contributed by atoms with Crippen molar-refractivity contribution in [1.82, 2.24) is 5.32 Å². The number of carbonyl (C=O) groups excluding carboxylic acids is 2. The molecule has 2 atom stereocenters. The molecule has 0 aliphatic heterocycles. The fourth-order valence-electron chi connectivity index (χ4n) is 2.58. The van der Waals surface area contributed by atoms with Crippen molar-refractivity contribution in [3.05, 3.63) is 65.7 Å². The average molecular weight is 340 g/mol. The number of amides is 1. The van der Waals surface area contributed by atoms with Crippen LogP contribution in [0.3, 0.4) is 0 Å². The lowest BCUT2D eigenvalue weighted by Gasteiger charge is -2.23. The fourth-order valence-corrected chi connectivity index (χ4v) is 2.58. The monoisotopic (exact) mass is 340 g/mol. The molecular formula is C20H24N2O3. The second-order valence-electron chi connectivity index (χ2n) is 5.99. The van der Waals surface area contributed by atoms with Gasteiger partial charge < -0.3 is 10.1 Å². The van der Waals surface area contributed by atoms with Crippen LogP contribution < -0.4 is 10.6 Å². The van der Waals surface area contributed by atoms with E-state index >= 15 is 0 Å². The van der Waals surface area contributed by atoms with Gasteiger partial charge in [-0.3, -0.25) is 14.9 Å². The zero-order chi connectivity index (χ0) is 18.2. The predicted octanol–water partition coefficient (Wildman–Crippen LogP) is 3.19. The second-order valence-corrected chi connectivity index (χ2v) is 5.99. The Morgan fingerprint density at radius 1 is 1.08 bits per heavy atom. The van der Waals surface area contributed by atoms with Crippen LogP contribution in [0.2, 0.25) is 0 Å². The first-order valence-corrected chi connectivity index (χ1v) is 8.23. The van der Waals surface area contributed by atoms with Gasteiger partial charge in [-0.05, 0) is 31.5 Å². The van der Waals surface area contributed by atoms with Crippen molar-refractivity contribution in [2.45, 2.75) is 25.9 Å². The number of ether oxygens (including phenoxy) is 1. The Hall–Kier alpha value is -2.50. The van der Waals surface area contributed by atoms with Crippen LogP contribution in [0.25, 0.3) is 0 Å². The van der Waals surface area contributed by atoms with Gasteiger partial charge in [0.1, 0.15) is 6.04 Å². The number of ketones is 1. The van der Waals surface area contributed by atoms with Gasteiger partial charge in [-0.15, -0.1) is 0 Å². The van der Waals surface area contributed by atoms with Crippen LogP contribution in [-0.4, -0.2) is 31.4 Å². The van der Waals surface area contributed by atoms with Crippen molar-refractivity contribution in [2.75, 3.05) is 19.0 Å². The quantitative estimate of drug-likeness (QED) is 0.724. The molecule has 0 aromatic heterocycles. The highest BCUT2D eigenvalue weighted by molar-refractivity contribution is 5.98. The van der Waals surface area contributed by atoms with E-state index in [0.29, 0.717) is 17.9 Å². The van der Waals surface area contributed by atoms with Gasteiger partial charge in [0.05, 0.1) is 6.61 Å². The summed E-state index contributed by atoms with van der Waals surface area (Å²) in [6, 6.07) is 15.9. The third kappa shape index (κ3) is 5.52. The van der Waals surface area contributed by atoms with Crippen LogP contribution in [0.1, 0.15) is 35.8 Å². The highest BCUT2D eigenvalue weighted by Gasteiger charge is 2.22. The number of hydrogen-bond donors (Lipinski definition) is 2. The van der Waals surface area contributed by atoms with Crippen LogP contribution >= 0.6 is 0 Å². The maximum absolute atomic E-state index is 12.8. The van der Waals surface area contributed by atoms with Crippen molar-refractivity contribution in [3.63, 3.8) is 0 Å². The first kappa shape index (κ1) is 18.8. The Morgan fingerprint density at radius 3 is 2.44 bits per heavy atom. The molecule has 2 aromatic carbocycles. The number of Topliss-reactive ketones (excluding diaryl/α,β-unsaturated/α-hetero) is 1. The van der Waals surface area contributed by atoms with Crippen molar-refractivity contribution >= 4 is 17.4 Å². The summed E-state index contributed by atoms with van der Waals surface area (Å²) in [7, 11) is 1.63. The molecular weight excluding hydrogens is 316 g/mol. The number of anilines is 1. The average Bonchev–Trinajstić information content (AvgIpc) is 2.61. The molecule has 1 amide bonds. The molecule has 25 heavy (non-hydrogen) atoms. The van der Waals surface area contributed by atoms with E-state index in [1.807, 2.05) is 37.3 Å². The first-order chi connectivity index (χ1) is 12.0. The molecule has 0 fully saturated rings. The normalized spacial score (nSPS) is 13.1. The Bertz CT molecular complexity index is 716. The SMILES string of the molecule is COC[C@H](C)N[C@@H](C(=O)Nc1cccc(C(C)=O)c1)c1ccccc1. The summed E-state index contributed by atoms with van der Waals surface area (Å²) in [5, 5.41) is 6.18. The Balaban J connectivity index is 2.20. The van der Waals surface area contributed by atoms with E-state index in [0.717, 1.165) is 5.56 Å². The molecule has 0 aliphatic rings. The van der Waals surface area contributed by atoms with E-state index < -0.39 is 6.04 Å². The summed E-state index contributed by atoms with van der Waals surface area (Å²) in [6.45, 7) is 3.96. The minimum absolute atomic E-state index is 0.00418. The van der Waals surface area contributed by atoms with Gasteiger partial charge in [0, 0.05) is 24.4 Å². The molecule has 5 nitrogen and oxygen atoms in total. The lowest BCUT2D eigenvalue weighted by atomic mass is 10.0. The van der Waals surface area contributed by atoms with Crippen molar-refractivity contribution in [3.8, 4) is 0 Å². The molecule has 2 N–H and O–H groups in total. The molecule has 0 bridgehead atoms. The zero-order valence-corrected chi connectivity index (χ0v) is 14.8. The molecule has 132 valence electrons. The van der Waals surface area contributed by atoms with Gasteiger partial charge in [0.15, 0.2) is 5.78 Å². The molecule has 0 spiro atoms. The summed E-state index contributed by atoms with van der Waals surface area (Å²) >= 11 is 0. The highest BCUT2D eigenvalue weighted by atomic mass is 16.5. The minimum Gasteiger partial charge on any atom is -0.383 e. The number of rotatable bonds is 8. The predicted molar refractivity (Wildman–Crippen MR) is 98.7 cm³/mol. The topological polar surface area (TPSA) is 67.4 Å². The number of carbonyl (C=O) groups is 2. The van der Waals surface area contributed by atoms with Gasteiger partial charge in [-0.1, -0.05) is 42.5 Å². The maximum Gasteiger partial charge on any atom is 0.246 e. The van der Waals surface area contributed by atoms with E-state index in [2.05, 4.69) is 10.6 Å². The molecule has 5 heteroatoms. The van der Waals surface area contributed by atoms with E-state index in [9.17, 15) is 9.59 Å². The smallest absolute Gasteiger partial charge is 0.246 e. The van der Waals surface area contributed by atoms with E-state index in [1.54, 1.807) is 31.4 Å². The lowest BCUT2D eigenvalue weighted by Crippen LogP contribution is -2.40. The second kappa shape index (κ2) is 9.11. The summed E-state index contributed by atoms with van der Waals surface area (Å²) in [4.78, 5) is 24.4. The molecule has 2 aromatic rings. The zero-order valence-electron chi connectivity index (χ0n) is 14.8. The van der Waals surface area contributed by atoms with Gasteiger partial charge in [0.2, 0.25) is 5.91 Å².